The average molecular weight is 186 g/mol. The predicted molar refractivity (Wildman–Crippen MR) is 60.7 cm³/mol. The third-order valence-electron chi connectivity index (χ3n) is 2.42. The topological polar surface area (TPSA) is 24.9 Å². The molecule has 0 aliphatic heterocycles. The normalized spacial score (nSPS) is 10.4. The van der Waals surface area contributed by atoms with E-state index in [0.29, 0.717) is 0 Å². The highest BCUT2D eigenvalue weighted by Gasteiger charge is 1.97. The van der Waals surface area contributed by atoms with Gasteiger partial charge in [0, 0.05) is 12.4 Å². The van der Waals surface area contributed by atoms with Gasteiger partial charge in [-0.15, -0.1) is 0 Å². The molecule has 0 aliphatic carbocycles. The maximum atomic E-state index is 4.46. The first kappa shape index (κ1) is 9.00. The predicted octanol–water partition coefficient (Wildman–Crippen LogP) is 2.84. The first-order valence-corrected chi connectivity index (χ1v) is 4.91. The number of pyridine rings is 1. The maximum absolute atomic E-state index is 4.46. The van der Waals surface area contributed by atoms with Crippen LogP contribution in [0.3, 0.4) is 0 Å². The molecule has 0 fully saturated rings. The first-order valence-electron chi connectivity index (χ1n) is 4.91. The van der Waals surface area contributed by atoms with Crippen molar-refractivity contribution in [2.45, 2.75) is 13.3 Å². The smallest absolute Gasteiger partial charge is 0.126 e. The van der Waals surface area contributed by atoms with Crippen LogP contribution in [0.25, 0.3) is 10.9 Å². The zero-order chi connectivity index (χ0) is 9.97. The highest BCUT2D eigenvalue weighted by atomic mass is 15.0. The molecule has 1 aromatic carbocycles. The van der Waals surface area contributed by atoms with E-state index in [4.69, 9.17) is 0 Å². The number of aryl methyl sites for hydroxylation is 1. The van der Waals surface area contributed by atoms with Gasteiger partial charge in [-0.25, -0.2) is 4.98 Å². The van der Waals surface area contributed by atoms with E-state index < -0.39 is 0 Å². The van der Waals surface area contributed by atoms with Crippen LogP contribution >= 0.6 is 0 Å². The standard InChI is InChI=1S/C12H14N2/c1-3-9-4-6-11-10(8-9)5-7-12(13-2)14-11/h4-8H,3H2,1-2H3,(H,13,14). The lowest BCUT2D eigenvalue weighted by Gasteiger charge is -2.03. The van der Waals surface area contributed by atoms with Gasteiger partial charge in [0.25, 0.3) is 0 Å². The summed E-state index contributed by atoms with van der Waals surface area (Å²) in [5, 5.41) is 4.25. The summed E-state index contributed by atoms with van der Waals surface area (Å²) in [7, 11) is 1.88. The molecular weight excluding hydrogens is 172 g/mol. The van der Waals surface area contributed by atoms with E-state index in [1.165, 1.54) is 10.9 Å². The molecule has 0 bridgehead atoms. The van der Waals surface area contributed by atoms with E-state index in [1.54, 1.807) is 0 Å². The largest absolute Gasteiger partial charge is 0.373 e. The molecule has 2 rings (SSSR count). The summed E-state index contributed by atoms with van der Waals surface area (Å²) in [6, 6.07) is 10.5. The summed E-state index contributed by atoms with van der Waals surface area (Å²) >= 11 is 0. The van der Waals surface area contributed by atoms with Gasteiger partial charge in [0.1, 0.15) is 5.82 Å². The lowest BCUT2D eigenvalue weighted by molar-refractivity contribution is 1.14. The minimum Gasteiger partial charge on any atom is -0.373 e. The van der Waals surface area contributed by atoms with Crippen molar-refractivity contribution < 1.29 is 0 Å². The number of benzene rings is 1. The molecule has 0 saturated heterocycles. The molecule has 0 unspecified atom stereocenters. The molecule has 2 nitrogen and oxygen atoms in total. The van der Waals surface area contributed by atoms with E-state index in [2.05, 4.69) is 41.5 Å². The number of nitrogens with zero attached hydrogens (tertiary/aromatic N) is 1. The van der Waals surface area contributed by atoms with Crippen molar-refractivity contribution in [3.63, 3.8) is 0 Å². The highest BCUT2D eigenvalue weighted by molar-refractivity contribution is 5.80. The lowest BCUT2D eigenvalue weighted by Crippen LogP contribution is -1.92. The Hall–Kier alpha value is -1.57. The third kappa shape index (κ3) is 1.55. The number of fused-ring (bicyclic) bond motifs is 1. The van der Waals surface area contributed by atoms with Gasteiger partial charge in [0.15, 0.2) is 0 Å². The molecule has 0 amide bonds. The van der Waals surface area contributed by atoms with Crippen molar-refractivity contribution in [3.8, 4) is 0 Å². The molecule has 1 N–H and O–H groups in total. The van der Waals surface area contributed by atoms with Crippen molar-refractivity contribution in [3.05, 3.63) is 35.9 Å². The van der Waals surface area contributed by atoms with E-state index >= 15 is 0 Å². The molecule has 0 atom stereocenters. The summed E-state index contributed by atoms with van der Waals surface area (Å²) in [6.45, 7) is 2.16. The van der Waals surface area contributed by atoms with Crippen LogP contribution in [0.4, 0.5) is 5.82 Å². The average Bonchev–Trinajstić information content (AvgIpc) is 2.27. The molecule has 1 aromatic heterocycles. The molecule has 0 aliphatic rings. The third-order valence-corrected chi connectivity index (χ3v) is 2.42. The lowest BCUT2D eigenvalue weighted by atomic mass is 10.1. The van der Waals surface area contributed by atoms with Crippen molar-refractivity contribution in [2.75, 3.05) is 12.4 Å². The quantitative estimate of drug-likeness (QED) is 0.780. The van der Waals surface area contributed by atoms with Crippen molar-refractivity contribution in [1.82, 2.24) is 4.98 Å². The van der Waals surface area contributed by atoms with Crippen molar-refractivity contribution >= 4 is 16.7 Å². The van der Waals surface area contributed by atoms with Gasteiger partial charge in [-0.05, 0) is 36.2 Å². The number of hydrogen-bond acceptors (Lipinski definition) is 2. The zero-order valence-corrected chi connectivity index (χ0v) is 8.54. The van der Waals surface area contributed by atoms with Crippen LogP contribution in [0.5, 0.6) is 0 Å². The van der Waals surface area contributed by atoms with E-state index in [0.717, 1.165) is 17.8 Å². The van der Waals surface area contributed by atoms with Gasteiger partial charge in [-0.3, -0.25) is 0 Å². The van der Waals surface area contributed by atoms with Crippen LogP contribution in [0.15, 0.2) is 30.3 Å². The van der Waals surface area contributed by atoms with Gasteiger partial charge in [0.2, 0.25) is 0 Å². The number of hydrogen-bond donors (Lipinski definition) is 1. The van der Waals surface area contributed by atoms with Gasteiger partial charge in [0.05, 0.1) is 5.52 Å². The van der Waals surface area contributed by atoms with E-state index in [9.17, 15) is 0 Å². The molecular formula is C12H14N2. The monoisotopic (exact) mass is 186 g/mol. The molecule has 1 heterocycles. The molecule has 2 heteroatoms. The Labute approximate surface area is 84.0 Å². The fraction of sp³-hybridized carbons (Fsp3) is 0.250. The minimum absolute atomic E-state index is 0.918. The zero-order valence-electron chi connectivity index (χ0n) is 8.54. The number of nitrogens with one attached hydrogen (secondary N) is 1. The SMILES string of the molecule is CCc1ccc2nc(NC)ccc2c1. The van der Waals surface area contributed by atoms with E-state index in [-0.39, 0.29) is 0 Å². The van der Waals surface area contributed by atoms with Gasteiger partial charge in [-0.2, -0.15) is 0 Å². The molecule has 0 radical (unpaired) electrons. The molecule has 72 valence electrons. The fourth-order valence-electron chi connectivity index (χ4n) is 1.53. The maximum Gasteiger partial charge on any atom is 0.126 e. The Morgan fingerprint density at radius 2 is 2.07 bits per heavy atom. The molecule has 2 aromatic rings. The molecule has 14 heavy (non-hydrogen) atoms. The first-order chi connectivity index (χ1) is 6.83. The van der Waals surface area contributed by atoms with Gasteiger partial charge in [-0.1, -0.05) is 13.0 Å². The van der Waals surface area contributed by atoms with E-state index in [1.807, 2.05) is 13.1 Å². The number of rotatable bonds is 2. The van der Waals surface area contributed by atoms with Crippen LogP contribution < -0.4 is 5.32 Å². The van der Waals surface area contributed by atoms with Crippen LogP contribution in [-0.4, -0.2) is 12.0 Å². The van der Waals surface area contributed by atoms with Crippen molar-refractivity contribution in [1.29, 1.82) is 0 Å². The summed E-state index contributed by atoms with van der Waals surface area (Å²) in [6.07, 6.45) is 1.07. The second-order valence-corrected chi connectivity index (χ2v) is 3.33. The Bertz CT molecular complexity index is 406. The Kier molecular flexibility index (Phi) is 2.35. The van der Waals surface area contributed by atoms with Crippen LogP contribution in [0, 0.1) is 0 Å². The second kappa shape index (κ2) is 3.66. The summed E-state index contributed by atoms with van der Waals surface area (Å²) in [5.41, 5.74) is 2.41. The Morgan fingerprint density at radius 1 is 1.21 bits per heavy atom. The molecule has 0 spiro atoms. The minimum atomic E-state index is 0.918. The highest BCUT2D eigenvalue weighted by Crippen LogP contribution is 2.16. The van der Waals surface area contributed by atoms with Crippen LogP contribution in [0.2, 0.25) is 0 Å². The van der Waals surface area contributed by atoms with Crippen LogP contribution in [0.1, 0.15) is 12.5 Å². The van der Waals surface area contributed by atoms with Gasteiger partial charge >= 0.3 is 0 Å². The summed E-state index contributed by atoms with van der Waals surface area (Å²) in [5.74, 6) is 0.918. The summed E-state index contributed by atoms with van der Waals surface area (Å²) < 4.78 is 0. The van der Waals surface area contributed by atoms with Gasteiger partial charge < -0.3 is 5.32 Å². The Morgan fingerprint density at radius 3 is 2.79 bits per heavy atom. The Balaban J connectivity index is 2.57. The second-order valence-electron chi connectivity index (χ2n) is 3.33. The van der Waals surface area contributed by atoms with Crippen molar-refractivity contribution in [2.24, 2.45) is 0 Å². The molecule has 0 saturated carbocycles. The fourth-order valence-corrected chi connectivity index (χ4v) is 1.53. The number of aromatic nitrogens is 1. The summed E-state index contributed by atoms with van der Waals surface area (Å²) in [4.78, 5) is 4.46. The number of anilines is 1. The van der Waals surface area contributed by atoms with Crippen LogP contribution in [-0.2, 0) is 6.42 Å².